The number of piperidine rings is 1. The van der Waals surface area contributed by atoms with Gasteiger partial charge in [-0.3, -0.25) is 0 Å². The third-order valence-electron chi connectivity index (χ3n) is 3.52. The minimum Gasteiger partial charge on any atom is -0.492 e. The first-order valence-electron chi connectivity index (χ1n) is 7.01. The van der Waals surface area contributed by atoms with Crippen LogP contribution in [0.15, 0.2) is 28.7 Å². The molecule has 4 heteroatoms. The molecule has 19 heavy (non-hydrogen) atoms. The predicted molar refractivity (Wildman–Crippen MR) is 82.7 cm³/mol. The molecule has 0 bridgehead atoms. The zero-order valence-electron chi connectivity index (χ0n) is 11.6. The van der Waals surface area contributed by atoms with E-state index in [2.05, 4.69) is 33.2 Å². The van der Waals surface area contributed by atoms with Gasteiger partial charge >= 0.3 is 0 Å². The quantitative estimate of drug-likeness (QED) is 0.813. The number of likely N-dealkylation sites (tertiary alicyclic amines) is 1. The molecule has 2 rings (SSSR count). The van der Waals surface area contributed by atoms with Gasteiger partial charge in [0.1, 0.15) is 12.4 Å². The second-order valence-corrected chi connectivity index (χ2v) is 6.19. The fraction of sp³-hybridized carbons (Fsp3) is 0.600. The van der Waals surface area contributed by atoms with Gasteiger partial charge in [-0.15, -0.1) is 0 Å². The Morgan fingerprint density at radius 3 is 2.89 bits per heavy atom. The number of hydrogen-bond donors (Lipinski definition) is 1. The SMILES string of the molecule is CN1CCCC(CNCCOc2ccc(Br)cc2)C1. The summed E-state index contributed by atoms with van der Waals surface area (Å²) >= 11 is 3.42. The number of nitrogens with one attached hydrogen (secondary N) is 1. The molecule has 0 saturated carbocycles. The van der Waals surface area contributed by atoms with Gasteiger partial charge in [0, 0.05) is 17.6 Å². The van der Waals surface area contributed by atoms with E-state index < -0.39 is 0 Å². The summed E-state index contributed by atoms with van der Waals surface area (Å²) in [6, 6.07) is 7.97. The van der Waals surface area contributed by atoms with Crippen molar-refractivity contribution in [1.82, 2.24) is 10.2 Å². The van der Waals surface area contributed by atoms with Gasteiger partial charge in [-0.2, -0.15) is 0 Å². The second kappa shape index (κ2) is 7.88. The molecule has 1 fully saturated rings. The van der Waals surface area contributed by atoms with Crippen LogP contribution in [0.4, 0.5) is 0 Å². The molecule has 1 atom stereocenters. The Morgan fingerprint density at radius 1 is 1.37 bits per heavy atom. The van der Waals surface area contributed by atoms with Crippen LogP contribution < -0.4 is 10.1 Å². The lowest BCUT2D eigenvalue weighted by Crippen LogP contribution is -2.38. The molecule has 0 spiro atoms. The van der Waals surface area contributed by atoms with Gasteiger partial charge in [-0.1, -0.05) is 15.9 Å². The zero-order chi connectivity index (χ0) is 13.5. The van der Waals surface area contributed by atoms with Crippen molar-refractivity contribution in [2.45, 2.75) is 12.8 Å². The fourth-order valence-electron chi connectivity index (χ4n) is 2.52. The maximum atomic E-state index is 5.68. The van der Waals surface area contributed by atoms with Crippen molar-refractivity contribution in [3.8, 4) is 5.75 Å². The van der Waals surface area contributed by atoms with E-state index in [1.807, 2.05) is 24.3 Å². The summed E-state index contributed by atoms with van der Waals surface area (Å²) in [5.41, 5.74) is 0. The van der Waals surface area contributed by atoms with E-state index in [-0.39, 0.29) is 0 Å². The summed E-state index contributed by atoms with van der Waals surface area (Å²) in [7, 11) is 2.21. The molecule has 0 aromatic heterocycles. The molecular weight excluding hydrogens is 304 g/mol. The molecule has 106 valence electrons. The van der Waals surface area contributed by atoms with Crippen LogP contribution in [-0.4, -0.2) is 44.7 Å². The van der Waals surface area contributed by atoms with Crippen LogP contribution in [0, 0.1) is 5.92 Å². The highest BCUT2D eigenvalue weighted by Gasteiger charge is 2.16. The Kier molecular flexibility index (Phi) is 6.14. The number of nitrogens with zero attached hydrogens (tertiary/aromatic N) is 1. The summed E-state index contributed by atoms with van der Waals surface area (Å²) in [4.78, 5) is 2.42. The summed E-state index contributed by atoms with van der Waals surface area (Å²) in [6.45, 7) is 5.22. The van der Waals surface area contributed by atoms with Gasteiger partial charge in [0.25, 0.3) is 0 Å². The number of rotatable bonds is 6. The Labute approximate surface area is 124 Å². The Morgan fingerprint density at radius 2 is 2.16 bits per heavy atom. The van der Waals surface area contributed by atoms with Crippen molar-refractivity contribution in [2.75, 3.05) is 39.8 Å². The van der Waals surface area contributed by atoms with Gasteiger partial charge in [0.05, 0.1) is 0 Å². The van der Waals surface area contributed by atoms with Crippen molar-refractivity contribution in [2.24, 2.45) is 5.92 Å². The van der Waals surface area contributed by atoms with Crippen LogP contribution in [0.2, 0.25) is 0 Å². The summed E-state index contributed by atoms with van der Waals surface area (Å²) < 4.78 is 6.76. The highest BCUT2D eigenvalue weighted by atomic mass is 79.9. The first kappa shape index (κ1) is 14.8. The van der Waals surface area contributed by atoms with E-state index in [4.69, 9.17) is 4.74 Å². The number of hydrogen-bond acceptors (Lipinski definition) is 3. The van der Waals surface area contributed by atoms with E-state index in [0.717, 1.165) is 35.8 Å². The van der Waals surface area contributed by atoms with Crippen molar-refractivity contribution in [1.29, 1.82) is 0 Å². The van der Waals surface area contributed by atoms with Gasteiger partial charge in [0.15, 0.2) is 0 Å². The van der Waals surface area contributed by atoms with Gasteiger partial charge in [0.2, 0.25) is 0 Å². The number of benzene rings is 1. The minimum absolute atomic E-state index is 0.726. The lowest BCUT2D eigenvalue weighted by molar-refractivity contribution is 0.203. The maximum absolute atomic E-state index is 5.68. The molecule has 1 unspecified atom stereocenters. The number of ether oxygens (including phenoxy) is 1. The average molecular weight is 327 g/mol. The first-order valence-corrected chi connectivity index (χ1v) is 7.81. The zero-order valence-corrected chi connectivity index (χ0v) is 13.2. The molecule has 1 saturated heterocycles. The van der Waals surface area contributed by atoms with E-state index in [1.54, 1.807) is 0 Å². The smallest absolute Gasteiger partial charge is 0.119 e. The lowest BCUT2D eigenvalue weighted by Gasteiger charge is -2.29. The molecule has 0 aliphatic carbocycles. The molecule has 1 N–H and O–H groups in total. The first-order chi connectivity index (χ1) is 9.24. The topological polar surface area (TPSA) is 24.5 Å². The average Bonchev–Trinajstić information content (AvgIpc) is 2.41. The van der Waals surface area contributed by atoms with Crippen LogP contribution >= 0.6 is 15.9 Å². The van der Waals surface area contributed by atoms with Crippen LogP contribution in [0.5, 0.6) is 5.75 Å². The third-order valence-corrected chi connectivity index (χ3v) is 4.04. The lowest BCUT2D eigenvalue weighted by atomic mass is 9.98. The van der Waals surface area contributed by atoms with Crippen molar-refractivity contribution < 1.29 is 4.74 Å². The van der Waals surface area contributed by atoms with Crippen LogP contribution in [-0.2, 0) is 0 Å². The van der Waals surface area contributed by atoms with Crippen LogP contribution in [0.1, 0.15) is 12.8 Å². The largest absolute Gasteiger partial charge is 0.492 e. The summed E-state index contributed by atoms with van der Waals surface area (Å²) in [5.74, 6) is 1.73. The third kappa shape index (κ3) is 5.51. The fourth-order valence-corrected chi connectivity index (χ4v) is 2.78. The number of halogens is 1. The molecule has 1 aromatic rings. The Bertz CT molecular complexity index is 369. The molecular formula is C15H23BrN2O. The molecule has 0 amide bonds. The van der Waals surface area contributed by atoms with Gasteiger partial charge in [-0.05, 0) is 63.2 Å². The molecule has 1 heterocycles. The predicted octanol–water partition coefficient (Wildman–Crippen LogP) is 2.76. The van der Waals surface area contributed by atoms with Crippen molar-refractivity contribution in [3.63, 3.8) is 0 Å². The summed E-state index contributed by atoms with van der Waals surface area (Å²) in [6.07, 6.45) is 2.68. The van der Waals surface area contributed by atoms with E-state index in [1.165, 1.54) is 25.9 Å². The highest BCUT2D eigenvalue weighted by molar-refractivity contribution is 9.10. The van der Waals surface area contributed by atoms with Gasteiger partial charge < -0.3 is 15.0 Å². The van der Waals surface area contributed by atoms with E-state index in [0.29, 0.717) is 0 Å². The van der Waals surface area contributed by atoms with Gasteiger partial charge in [-0.25, -0.2) is 0 Å². The van der Waals surface area contributed by atoms with E-state index >= 15 is 0 Å². The molecule has 1 aromatic carbocycles. The van der Waals surface area contributed by atoms with E-state index in [9.17, 15) is 0 Å². The Balaban J connectivity index is 1.55. The molecule has 3 nitrogen and oxygen atoms in total. The Hall–Kier alpha value is -0.580. The highest BCUT2D eigenvalue weighted by Crippen LogP contribution is 2.16. The van der Waals surface area contributed by atoms with Crippen LogP contribution in [0.25, 0.3) is 0 Å². The van der Waals surface area contributed by atoms with Crippen molar-refractivity contribution in [3.05, 3.63) is 28.7 Å². The van der Waals surface area contributed by atoms with Crippen molar-refractivity contribution >= 4 is 15.9 Å². The minimum atomic E-state index is 0.726. The van der Waals surface area contributed by atoms with Crippen LogP contribution in [0.3, 0.4) is 0 Å². The standard InChI is InChI=1S/C15H23BrN2O/c1-18-9-2-3-13(12-18)11-17-8-10-19-15-6-4-14(16)5-7-15/h4-7,13,17H,2-3,8-12H2,1H3. The molecule has 1 aliphatic heterocycles. The second-order valence-electron chi connectivity index (χ2n) is 5.28. The summed E-state index contributed by atoms with van der Waals surface area (Å²) in [5, 5.41) is 3.50. The normalized spacial score (nSPS) is 20.4. The molecule has 1 aliphatic rings. The maximum Gasteiger partial charge on any atom is 0.119 e. The molecule has 0 radical (unpaired) electrons. The monoisotopic (exact) mass is 326 g/mol.